The molecule has 0 aliphatic carbocycles. The second-order valence-electron chi connectivity index (χ2n) is 6.80. The number of anilines is 1. The van der Waals surface area contributed by atoms with Gasteiger partial charge < -0.3 is 10.2 Å². The average molecular weight is 426 g/mol. The van der Waals surface area contributed by atoms with Crippen LogP contribution in [0.3, 0.4) is 0 Å². The number of aryl methyl sites for hydroxylation is 1. The Morgan fingerprint density at radius 3 is 2.58 bits per heavy atom. The predicted molar refractivity (Wildman–Crippen MR) is 120 cm³/mol. The average Bonchev–Trinajstić information content (AvgIpc) is 3.38. The highest BCUT2D eigenvalue weighted by Gasteiger charge is 2.20. The van der Waals surface area contributed by atoms with E-state index >= 15 is 0 Å². The Balaban J connectivity index is 1.75. The van der Waals surface area contributed by atoms with Gasteiger partial charge in [-0.05, 0) is 42.8 Å². The summed E-state index contributed by atoms with van der Waals surface area (Å²) in [6.45, 7) is 1.93. The molecule has 2 N–H and O–H groups in total. The van der Waals surface area contributed by atoms with Crippen molar-refractivity contribution in [3.63, 3.8) is 0 Å². The molecule has 6 nitrogen and oxygen atoms in total. The second-order valence-corrected chi connectivity index (χ2v) is 7.21. The molecule has 4 rings (SSSR count). The minimum atomic E-state index is 0.133. The van der Waals surface area contributed by atoms with Crippen LogP contribution in [0.4, 0.5) is 5.82 Å². The third-order valence-corrected chi connectivity index (χ3v) is 5.19. The minimum absolute atomic E-state index is 0.133. The first-order valence-corrected chi connectivity index (χ1v) is 9.72. The van der Waals surface area contributed by atoms with E-state index in [0.717, 1.165) is 11.1 Å². The van der Waals surface area contributed by atoms with Gasteiger partial charge in [0.15, 0.2) is 0 Å². The molecule has 0 atom stereocenters. The highest BCUT2D eigenvalue weighted by molar-refractivity contribution is 6.31. The summed E-state index contributed by atoms with van der Waals surface area (Å²) in [6.07, 6.45) is 1.54. The van der Waals surface area contributed by atoms with Crippen LogP contribution in [-0.2, 0) is 0 Å². The smallest absolute Gasteiger partial charge is 0.145 e. The zero-order valence-electron chi connectivity index (χ0n) is 16.5. The summed E-state index contributed by atoms with van der Waals surface area (Å²) in [5.74, 6) is 1.22. The first kappa shape index (κ1) is 20.0. The number of nitrogens with two attached hydrogens (primary N) is 1. The normalized spacial score (nSPS) is 11.2. The van der Waals surface area contributed by atoms with Gasteiger partial charge in [-0.15, -0.1) is 0 Å². The Labute approximate surface area is 184 Å². The highest BCUT2D eigenvalue weighted by atomic mass is 35.5. The van der Waals surface area contributed by atoms with Gasteiger partial charge in [-0.25, -0.2) is 4.68 Å². The lowest BCUT2D eigenvalue weighted by Crippen LogP contribution is -2.02. The molecule has 31 heavy (non-hydrogen) atoms. The van der Waals surface area contributed by atoms with E-state index in [1.807, 2.05) is 55.5 Å². The third kappa shape index (κ3) is 3.81. The molecule has 0 fully saturated rings. The van der Waals surface area contributed by atoms with Gasteiger partial charge >= 0.3 is 0 Å². The summed E-state index contributed by atoms with van der Waals surface area (Å²) in [5, 5.41) is 24.4. The predicted octanol–water partition coefficient (Wildman–Crippen LogP) is 5.61. The fourth-order valence-electron chi connectivity index (χ4n) is 3.12. The third-order valence-electron chi connectivity index (χ3n) is 4.78. The van der Waals surface area contributed by atoms with Gasteiger partial charge in [0, 0.05) is 16.7 Å². The van der Waals surface area contributed by atoms with E-state index in [1.54, 1.807) is 12.1 Å². The maximum Gasteiger partial charge on any atom is 0.145 e. The number of halogens is 1. The SMILES string of the molecule is Cc1ccc(-c2ccc(/C=C(\C#N)c3nn(-c4ccccc4)c(N)c3C#N)o2)cc1Cl. The summed E-state index contributed by atoms with van der Waals surface area (Å²) in [7, 11) is 0. The molecule has 0 unspecified atom stereocenters. The fourth-order valence-corrected chi connectivity index (χ4v) is 3.30. The molecule has 0 spiro atoms. The molecule has 4 aromatic rings. The topological polar surface area (TPSA) is 105 Å². The Morgan fingerprint density at radius 1 is 1.13 bits per heavy atom. The lowest BCUT2D eigenvalue weighted by molar-refractivity contribution is 0.572. The van der Waals surface area contributed by atoms with Gasteiger partial charge in [0.05, 0.1) is 11.3 Å². The number of hydrogen-bond acceptors (Lipinski definition) is 5. The number of furan rings is 1. The Kier molecular flexibility index (Phi) is 5.32. The Bertz CT molecular complexity index is 1380. The van der Waals surface area contributed by atoms with E-state index in [9.17, 15) is 10.5 Å². The van der Waals surface area contributed by atoms with Crippen LogP contribution < -0.4 is 5.73 Å². The van der Waals surface area contributed by atoms with E-state index in [-0.39, 0.29) is 22.6 Å². The number of nitrogen functional groups attached to an aromatic ring is 1. The molecule has 2 aromatic heterocycles. The number of nitriles is 2. The zero-order chi connectivity index (χ0) is 22.0. The molecule has 7 heteroatoms. The van der Waals surface area contributed by atoms with Crippen LogP contribution >= 0.6 is 11.6 Å². The second kappa shape index (κ2) is 8.23. The van der Waals surface area contributed by atoms with Crippen molar-refractivity contribution >= 4 is 29.1 Å². The van der Waals surface area contributed by atoms with Crippen molar-refractivity contribution in [1.82, 2.24) is 9.78 Å². The number of rotatable bonds is 4. The number of allylic oxidation sites excluding steroid dienone is 1. The van der Waals surface area contributed by atoms with E-state index in [4.69, 9.17) is 21.8 Å². The van der Waals surface area contributed by atoms with Crippen LogP contribution in [-0.4, -0.2) is 9.78 Å². The van der Waals surface area contributed by atoms with Gasteiger partial charge in [-0.1, -0.05) is 41.9 Å². The molecule has 0 aliphatic heterocycles. The molecule has 0 saturated heterocycles. The summed E-state index contributed by atoms with van der Waals surface area (Å²) in [4.78, 5) is 0. The quantitative estimate of drug-likeness (QED) is 0.427. The van der Waals surface area contributed by atoms with E-state index in [2.05, 4.69) is 17.2 Å². The summed E-state index contributed by atoms with van der Waals surface area (Å²) < 4.78 is 7.32. The van der Waals surface area contributed by atoms with Crippen molar-refractivity contribution in [2.75, 3.05) is 5.73 Å². The van der Waals surface area contributed by atoms with Gasteiger partial charge in [-0.3, -0.25) is 0 Å². The van der Waals surface area contributed by atoms with E-state index < -0.39 is 0 Å². The lowest BCUT2D eigenvalue weighted by Gasteiger charge is -2.02. The van der Waals surface area contributed by atoms with Crippen LogP contribution in [0.25, 0.3) is 28.7 Å². The number of hydrogen-bond donors (Lipinski definition) is 1. The maximum atomic E-state index is 9.75. The molecule has 0 radical (unpaired) electrons. The van der Waals surface area contributed by atoms with Crippen molar-refractivity contribution in [1.29, 1.82) is 10.5 Å². The standard InChI is InChI=1S/C24H16ClN5O/c1-15-7-8-16(12-21(15)25)22-10-9-19(31-22)11-17(13-26)23-20(14-27)24(28)30(29-23)18-5-3-2-4-6-18/h2-12H,28H2,1H3/b17-11+. The van der Waals surface area contributed by atoms with Crippen molar-refractivity contribution in [3.8, 4) is 29.1 Å². The van der Waals surface area contributed by atoms with Crippen LogP contribution in [0, 0.1) is 29.6 Å². The fraction of sp³-hybridized carbons (Fsp3) is 0.0417. The lowest BCUT2D eigenvalue weighted by atomic mass is 10.1. The largest absolute Gasteiger partial charge is 0.457 e. The molecule has 0 amide bonds. The Hall–Kier alpha value is -4.26. The van der Waals surface area contributed by atoms with Gasteiger partial charge in [0.2, 0.25) is 0 Å². The molecule has 0 aliphatic rings. The molecule has 2 heterocycles. The maximum absolute atomic E-state index is 9.75. The first-order chi connectivity index (χ1) is 15.0. The zero-order valence-corrected chi connectivity index (χ0v) is 17.3. The molecular weight excluding hydrogens is 410 g/mol. The number of nitrogens with zero attached hydrogens (tertiary/aromatic N) is 4. The van der Waals surface area contributed by atoms with Crippen LogP contribution in [0.5, 0.6) is 0 Å². The van der Waals surface area contributed by atoms with E-state index in [1.165, 1.54) is 10.8 Å². The summed E-state index contributed by atoms with van der Waals surface area (Å²) >= 11 is 6.21. The Morgan fingerprint density at radius 2 is 1.90 bits per heavy atom. The van der Waals surface area contributed by atoms with Crippen molar-refractivity contribution in [3.05, 3.63) is 88.3 Å². The van der Waals surface area contributed by atoms with Crippen molar-refractivity contribution < 1.29 is 4.42 Å². The molecule has 2 aromatic carbocycles. The van der Waals surface area contributed by atoms with Crippen LogP contribution in [0.1, 0.15) is 22.6 Å². The first-order valence-electron chi connectivity index (χ1n) is 9.34. The van der Waals surface area contributed by atoms with Crippen LogP contribution in [0.15, 0.2) is 65.1 Å². The van der Waals surface area contributed by atoms with Gasteiger partial charge in [-0.2, -0.15) is 15.6 Å². The number of benzene rings is 2. The van der Waals surface area contributed by atoms with Crippen LogP contribution in [0.2, 0.25) is 5.02 Å². The molecule has 0 saturated carbocycles. The highest BCUT2D eigenvalue weighted by Crippen LogP contribution is 2.30. The molecular formula is C24H16ClN5O. The molecule has 0 bridgehead atoms. The minimum Gasteiger partial charge on any atom is -0.457 e. The summed E-state index contributed by atoms with van der Waals surface area (Å²) in [5.41, 5.74) is 9.13. The molecule has 150 valence electrons. The van der Waals surface area contributed by atoms with Gasteiger partial charge in [0.25, 0.3) is 0 Å². The monoisotopic (exact) mass is 425 g/mol. The number of para-hydroxylation sites is 1. The van der Waals surface area contributed by atoms with E-state index in [0.29, 0.717) is 22.2 Å². The van der Waals surface area contributed by atoms with Crippen molar-refractivity contribution in [2.24, 2.45) is 0 Å². The number of aromatic nitrogens is 2. The van der Waals surface area contributed by atoms with Crippen molar-refractivity contribution in [2.45, 2.75) is 6.92 Å². The van der Waals surface area contributed by atoms with Gasteiger partial charge in [0.1, 0.15) is 40.7 Å². The summed E-state index contributed by atoms with van der Waals surface area (Å²) in [6, 6.07) is 22.5.